The standard InChI is InChI=1S/C8H19NO/c1-5-8(2,7-10)6-9(3)4/h10H,5-7H2,1-4H3. The highest BCUT2D eigenvalue weighted by atomic mass is 16.3. The zero-order valence-electron chi connectivity index (χ0n) is 7.52. The molecule has 0 aromatic carbocycles. The maximum atomic E-state index is 9.01. The molecule has 0 spiro atoms. The van der Waals surface area contributed by atoms with E-state index in [0.29, 0.717) is 0 Å². The first-order valence-corrected chi connectivity index (χ1v) is 3.79. The molecule has 1 unspecified atom stereocenters. The summed E-state index contributed by atoms with van der Waals surface area (Å²) in [4.78, 5) is 2.11. The minimum absolute atomic E-state index is 0.0868. The molecule has 0 saturated carbocycles. The summed E-state index contributed by atoms with van der Waals surface area (Å²) in [5.74, 6) is 0. The van der Waals surface area contributed by atoms with Crippen molar-refractivity contribution in [3.05, 3.63) is 0 Å². The summed E-state index contributed by atoms with van der Waals surface area (Å²) >= 11 is 0. The molecule has 1 N–H and O–H groups in total. The van der Waals surface area contributed by atoms with Crippen LogP contribution in [0.2, 0.25) is 0 Å². The highest BCUT2D eigenvalue weighted by Crippen LogP contribution is 2.19. The third-order valence-electron chi connectivity index (χ3n) is 1.93. The van der Waals surface area contributed by atoms with E-state index in [9.17, 15) is 0 Å². The van der Waals surface area contributed by atoms with Gasteiger partial charge in [-0.1, -0.05) is 13.8 Å². The van der Waals surface area contributed by atoms with E-state index in [4.69, 9.17) is 5.11 Å². The van der Waals surface area contributed by atoms with Gasteiger partial charge in [0.2, 0.25) is 0 Å². The van der Waals surface area contributed by atoms with Gasteiger partial charge in [-0.05, 0) is 20.5 Å². The van der Waals surface area contributed by atoms with Crippen molar-refractivity contribution in [1.29, 1.82) is 0 Å². The monoisotopic (exact) mass is 145 g/mol. The van der Waals surface area contributed by atoms with Crippen LogP contribution in [-0.4, -0.2) is 37.3 Å². The lowest BCUT2D eigenvalue weighted by atomic mass is 9.88. The molecule has 62 valence electrons. The molecule has 0 aromatic rings. The molecule has 2 heteroatoms. The molecule has 2 nitrogen and oxygen atoms in total. The zero-order valence-corrected chi connectivity index (χ0v) is 7.52. The van der Waals surface area contributed by atoms with E-state index in [1.165, 1.54) is 0 Å². The van der Waals surface area contributed by atoms with Crippen LogP contribution >= 0.6 is 0 Å². The van der Waals surface area contributed by atoms with Crippen molar-refractivity contribution in [2.24, 2.45) is 5.41 Å². The first-order chi connectivity index (χ1) is 4.54. The van der Waals surface area contributed by atoms with Crippen LogP contribution in [0.5, 0.6) is 0 Å². The molecule has 1 atom stereocenters. The molecule has 0 saturated heterocycles. The Hall–Kier alpha value is -0.0800. The van der Waals surface area contributed by atoms with E-state index in [1.54, 1.807) is 0 Å². The molecule has 0 amide bonds. The normalized spacial score (nSPS) is 17.4. The fraction of sp³-hybridized carbons (Fsp3) is 1.00. The number of rotatable bonds is 4. The van der Waals surface area contributed by atoms with E-state index in [2.05, 4.69) is 18.7 Å². The Morgan fingerprint density at radius 2 is 1.90 bits per heavy atom. The molecule has 0 fully saturated rings. The number of aliphatic hydroxyl groups is 1. The van der Waals surface area contributed by atoms with Gasteiger partial charge in [0.1, 0.15) is 0 Å². The van der Waals surface area contributed by atoms with Gasteiger partial charge in [-0.3, -0.25) is 0 Å². The van der Waals surface area contributed by atoms with E-state index in [-0.39, 0.29) is 12.0 Å². The third kappa shape index (κ3) is 3.18. The Kier molecular flexibility index (Phi) is 3.91. The Morgan fingerprint density at radius 1 is 1.40 bits per heavy atom. The first kappa shape index (κ1) is 9.92. The van der Waals surface area contributed by atoms with Crippen LogP contribution in [0.25, 0.3) is 0 Å². The van der Waals surface area contributed by atoms with Crippen LogP contribution < -0.4 is 0 Å². The molecule has 0 aliphatic heterocycles. The quantitative estimate of drug-likeness (QED) is 0.637. The Labute approximate surface area is 63.8 Å². The average molecular weight is 145 g/mol. The highest BCUT2D eigenvalue weighted by Gasteiger charge is 2.21. The van der Waals surface area contributed by atoms with Gasteiger partial charge in [-0.15, -0.1) is 0 Å². The summed E-state index contributed by atoms with van der Waals surface area (Å²) in [6.07, 6.45) is 1.03. The predicted octanol–water partition coefficient (Wildman–Crippen LogP) is 0.957. The predicted molar refractivity (Wildman–Crippen MR) is 44.0 cm³/mol. The lowest BCUT2D eigenvalue weighted by Crippen LogP contribution is -2.33. The maximum Gasteiger partial charge on any atom is 0.0496 e. The highest BCUT2D eigenvalue weighted by molar-refractivity contribution is 4.73. The van der Waals surface area contributed by atoms with Crippen LogP contribution in [0.15, 0.2) is 0 Å². The van der Waals surface area contributed by atoms with Crippen molar-refractivity contribution in [2.45, 2.75) is 20.3 Å². The van der Waals surface area contributed by atoms with Crippen LogP contribution in [0.1, 0.15) is 20.3 Å². The van der Waals surface area contributed by atoms with Crippen molar-refractivity contribution in [2.75, 3.05) is 27.2 Å². The third-order valence-corrected chi connectivity index (χ3v) is 1.93. The summed E-state index contributed by atoms with van der Waals surface area (Å²) in [6.45, 7) is 5.45. The SMILES string of the molecule is CCC(C)(CO)CN(C)C. The molecule has 0 bridgehead atoms. The Bertz CT molecular complexity index is 87.3. The van der Waals surface area contributed by atoms with E-state index in [0.717, 1.165) is 13.0 Å². The first-order valence-electron chi connectivity index (χ1n) is 3.79. The molecule has 0 aliphatic carbocycles. The molecular formula is C8H19NO. The van der Waals surface area contributed by atoms with Crippen LogP contribution in [-0.2, 0) is 0 Å². The molecule has 0 aromatic heterocycles. The van der Waals surface area contributed by atoms with Gasteiger partial charge in [0, 0.05) is 18.6 Å². The van der Waals surface area contributed by atoms with Crippen LogP contribution in [0.3, 0.4) is 0 Å². The number of aliphatic hydroxyl groups excluding tert-OH is 1. The summed E-state index contributed by atoms with van der Waals surface area (Å²) in [7, 11) is 4.06. The van der Waals surface area contributed by atoms with Gasteiger partial charge in [0.25, 0.3) is 0 Å². The molecule has 10 heavy (non-hydrogen) atoms. The number of nitrogens with zero attached hydrogens (tertiary/aromatic N) is 1. The van der Waals surface area contributed by atoms with Crippen molar-refractivity contribution < 1.29 is 5.11 Å². The molecule has 0 aliphatic rings. The van der Waals surface area contributed by atoms with Crippen molar-refractivity contribution in [3.63, 3.8) is 0 Å². The van der Waals surface area contributed by atoms with Gasteiger partial charge in [-0.2, -0.15) is 0 Å². The maximum absolute atomic E-state index is 9.01. The second-order valence-electron chi connectivity index (χ2n) is 3.56. The van der Waals surface area contributed by atoms with Gasteiger partial charge >= 0.3 is 0 Å². The lowest BCUT2D eigenvalue weighted by molar-refractivity contribution is 0.105. The zero-order chi connectivity index (χ0) is 8.20. The number of hydrogen-bond donors (Lipinski definition) is 1. The number of hydrogen-bond acceptors (Lipinski definition) is 2. The average Bonchev–Trinajstić information content (AvgIpc) is 1.87. The fourth-order valence-electron chi connectivity index (χ4n) is 1.04. The van der Waals surface area contributed by atoms with Crippen molar-refractivity contribution in [1.82, 2.24) is 4.90 Å². The van der Waals surface area contributed by atoms with E-state index < -0.39 is 0 Å². The summed E-state index contributed by atoms with van der Waals surface area (Å²) in [5, 5.41) is 9.01. The largest absolute Gasteiger partial charge is 0.396 e. The van der Waals surface area contributed by atoms with E-state index >= 15 is 0 Å². The van der Waals surface area contributed by atoms with Gasteiger partial charge in [-0.25, -0.2) is 0 Å². The smallest absolute Gasteiger partial charge is 0.0496 e. The minimum atomic E-state index is 0.0868. The van der Waals surface area contributed by atoms with Crippen LogP contribution in [0.4, 0.5) is 0 Å². The van der Waals surface area contributed by atoms with E-state index in [1.807, 2.05) is 14.1 Å². The Morgan fingerprint density at radius 3 is 2.00 bits per heavy atom. The summed E-state index contributed by atoms with van der Waals surface area (Å²) < 4.78 is 0. The van der Waals surface area contributed by atoms with Gasteiger partial charge in [0.15, 0.2) is 0 Å². The van der Waals surface area contributed by atoms with Gasteiger partial charge in [0.05, 0.1) is 0 Å². The van der Waals surface area contributed by atoms with Crippen molar-refractivity contribution in [3.8, 4) is 0 Å². The second-order valence-corrected chi connectivity index (χ2v) is 3.56. The van der Waals surface area contributed by atoms with Crippen LogP contribution in [0, 0.1) is 5.41 Å². The summed E-state index contributed by atoms with van der Waals surface area (Å²) in [6, 6.07) is 0. The topological polar surface area (TPSA) is 23.5 Å². The fourth-order valence-corrected chi connectivity index (χ4v) is 1.04. The molecule has 0 rings (SSSR count). The molecular weight excluding hydrogens is 126 g/mol. The van der Waals surface area contributed by atoms with Crippen molar-refractivity contribution >= 4 is 0 Å². The second kappa shape index (κ2) is 3.94. The molecule has 0 heterocycles. The minimum Gasteiger partial charge on any atom is -0.396 e. The molecule has 0 radical (unpaired) electrons. The Balaban J connectivity index is 3.80. The lowest BCUT2D eigenvalue weighted by Gasteiger charge is -2.28. The van der Waals surface area contributed by atoms with Gasteiger partial charge < -0.3 is 10.0 Å². The summed E-state index contributed by atoms with van der Waals surface area (Å²) in [5.41, 5.74) is 0.0868.